The molecule has 0 fully saturated rings. The number of fused-ring (bicyclic) bond motifs is 3. The lowest BCUT2D eigenvalue weighted by molar-refractivity contribution is -0.662. The zero-order valence-corrected chi connectivity index (χ0v) is 17.3. The molecule has 1 aromatic heterocycles. The second-order valence-corrected chi connectivity index (χ2v) is 8.92. The van der Waals surface area contributed by atoms with Crippen LogP contribution < -0.4 is 9.30 Å². The van der Waals surface area contributed by atoms with E-state index in [0.29, 0.717) is 0 Å². The van der Waals surface area contributed by atoms with E-state index in [9.17, 15) is 0 Å². The van der Waals surface area contributed by atoms with Gasteiger partial charge in [0, 0.05) is 5.56 Å². The Balaban J connectivity index is 1.97. The molecule has 3 aromatic carbocycles. The number of hydrogen-bond donors (Lipinski definition) is 0. The molecule has 0 radical (unpaired) electrons. The van der Waals surface area contributed by atoms with E-state index in [0.717, 1.165) is 22.4 Å². The van der Waals surface area contributed by atoms with Crippen LogP contribution in [0, 0.1) is 13.8 Å². The van der Waals surface area contributed by atoms with E-state index in [2.05, 4.69) is 82.6 Å². The van der Waals surface area contributed by atoms with Gasteiger partial charge in [-0.1, -0.05) is 45.0 Å². The lowest BCUT2D eigenvalue weighted by Gasteiger charge is -2.26. The number of aromatic nitrogens is 2. The highest BCUT2D eigenvalue weighted by molar-refractivity contribution is 6.05. The van der Waals surface area contributed by atoms with Crippen LogP contribution in [0.2, 0.25) is 0 Å². The van der Waals surface area contributed by atoms with Gasteiger partial charge in [-0.3, -0.25) is 0 Å². The zero-order chi connectivity index (χ0) is 19.8. The van der Waals surface area contributed by atoms with Gasteiger partial charge >= 0.3 is 0 Å². The molecule has 3 nitrogen and oxygen atoms in total. The first-order valence-electron chi connectivity index (χ1n) is 9.80. The molecule has 2 heterocycles. The molecule has 1 aliphatic heterocycles. The van der Waals surface area contributed by atoms with Gasteiger partial charge in [0.15, 0.2) is 11.2 Å². The van der Waals surface area contributed by atoms with Crippen molar-refractivity contribution in [2.45, 2.75) is 40.0 Å². The summed E-state index contributed by atoms with van der Waals surface area (Å²) in [5.74, 6) is 1.88. The van der Waals surface area contributed by atoms with E-state index in [1.807, 2.05) is 6.33 Å². The van der Waals surface area contributed by atoms with Crippen molar-refractivity contribution >= 4 is 21.7 Å². The minimum Gasteiger partial charge on any atom is -0.455 e. The first-order chi connectivity index (χ1) is 13.3. The molecule has 3 heteroatoms. The highest BCUT2D eigenvalue weighted by Crippen LogP contribution is 2.50. The number of nitrogens with zero attached hydrogens (tertiary/aromatic N) is 2. The maximum absolute atomic E-state index is 6.61. The van der Waals surface area contributed by atoms with Crippen LogP contribution in [0.4, 0.5) is 0 Å². The third-order valence-corrected chi connectivity index (χ3v) is 6.03. The van der Waals surface area contributed by atoms with Crippen LogP contribution >= 0.6 is 0 Å². The Labute approximate surface area is 165 Å². The Hall–Kier alpha value is -2.94. The molecule has 0 N–H and O–H groups in total. The minimum atomic E-state index is 0.0303. The smallest absolute Gasteiger partial charge is 0.287 e. The summed E-state index contributed by atoms with van der Waals surface area (Å²) < 4.78 is 8.74. The second-order valence-electron chi connectivity index (χ2n) is 8.92. The maximum atomic E-state index is 6.61. The molecule has 0 saturated heterocycles. The Bertz CT molecular complexity index is 1300. The van der Waals surface area contributed by atoms with E-state index in [4.69, 9.17) is 9.72 Å². The van der Waals surface area contributed by atoms with E-state index in [1.165, 1.54) is 38.7 Å². The number of aryl methyl sites for hydroxylation is 3. The molecule has 0 spiro atoms. The van der Waals surface area contributed by atoms with E-state index < -0.39 is 0 Å². The third kappa shape index (κ3) is 2.22. The summed E-state index contributed by atoms with van der Waals surface area (Å²) in [5, 5.41) is 3.63. The van der Waals surface area contributed by atoms with Crippen molar-refractivity contribution in [2.75, 3.05) is 0 Å². The van der Waals surface area contributed by atoms with E-state index in [1.54, 1.807) is 0 Å². The lowest BCUT2D eigenvalue weighted by Crippen LogP contribution is -2.33. The summed E-state index contributed by atoms with van der Waals surface area (Å²) in [4.78, 5) is 4.73. The number of rotatable bonds is 0. The Morgan fingerprint density at radius 2 is 1.64 bits per heavy atom. The molecule has 0 bridgehead atoms. The van der Waals surface area contributed by atoms with Crippen LogP contribution in [0.15, 0.2) is 42.7 Å². The van der Waals surface area contributed by atoms with Gasteiger partial charge in [0.1, 0.15) is 16.9 Å². The molecule has 1 aliphatic rings. The highest BCUT2D eigenvalue weighted by Gasteiger charge is 2.32. The van der Waals surface area contributed by atoms with Gasteiger partial charge in [-0.15, -0.1) is 0 Å². The standard InChI is InChI=1S/C25H25N2O/c1-14-17-9-7-8-10-18(17)15(2)24-21(14)23-22-19(26-13-27(23)6)11-16(25(3,4)5)12-20(22)28-24/h7-13H,1-6H3/q+1. The van der Waals surface area contributed by atoms with Gasteiger partial charge in [-0.25, -0.2) is 4.57 Å². The van der Waals surface area contributed by atoms with E-state index in [-0.39, 0.29) is 5.41 Å². The van der Waals surface area contributed by atoms with Crippen LogP contribution in [0.1, 0.15) is 37.5 Å². The van der Waals surface area contributed by atoms with Crippen LogP contribution in [0.5, 0.6) is 11.5 Å². The number of benzene rings is 3. The fourth-order valence-corrected chi connectivity index (χ4v) is 4.41. The maximum Gasteiger partial charge on any atom is 0.287 e. The molecule has 0 amide bonds. The van der Waals surface area contributed by atoms with Crippen molar-refractivity contribution in [1.29, 1.82) is 0 Å². The predicted molar refractivity (Wildman–Crippen MR) is 114 cm³/mol. The van der Waals surface area contributed by atoms with Crippen molar-refractivity contribution in [1.82, 2.24) is 4.98 Å². The summed E-state index contributed by atoms with van der Waals surface area (Å²) in [6.07, 6.45) is 1.92. The van der Waals surface area contributed by atoms with Crippen molar-refractivity contribution in [3.63, 3.8) is 0 Å². The molecule has 5 rings (SSSR count). The topological polar surface area (TPSA) is 26.0 Å². The van der Waals surface area contributed by atoms with Crippen molar-refractivity contribution < 1.29 is 9.30 Å². The summed E-state index contributed by atoms with van der Waals surface area (Å²) >= 11 is 0. The monoisotopic (exact) mass is 369 g/mol. The van der Waals surface area contributed by atoms with Crippen LogP contribution in [-0.2, 0) is 12.5 Å². The first-order valence-corrected chi connectivity index (χ1v) is 9.80. The summed E-state index contributed by atoms with van der Waals surface area (Å²) in [7, 11) is 2.07. The van der Waals surface area contributed by atoms with Gasteiger partial charge < -0.3 is 4.74 Å². The average Bonchev–Trinajstić information content (AvgIpc) is 2.67. The molecule has 0 saturated carbocycles. The number of hydrogen-bond acceptors (Lipinski definition) is 2. The minimum absolute atomic E-state index is 0.0303. The second kappa shape index (κ2) is 5.54. The van der Waals surface area contributed by atoms with Crippen molar-refractivity contribution in [3.05, 3.63) is 59.4 Å². The molecular formula is C25H25N2O+. The molecule has 4 aromatic rings. The van der Waals surface area contributed by atoms with Crippen LogP contribution in [0.3, 0.4) is 0 Å². The molecule has 0 unspecified atom stereocenters. The third-order valence-electron chi connectivity index (χ3n) is 6.03. The van der Waals surface area contributed by atoms with Gasteiger partial charge in [-0.05, 0) is 58.3 Å². The van der Waals surface area contributed by atoms with Crippen molar-refractivity contribution in [2.24, 2.45) is 7.05 Å². The molecular weight excluding hydrogens is 344 g/mol. The Morgan fingerprint density at radius 1 is 0.964 bits per heavy atom. The highest BCUT2D eigenvalue weighted by atomic mass is 16.5. The zero-order valence-electron chi connectivity index (χ0n) is 17.3. The summed E-state index contributed by atoms with van der Waals surface area (Å²) in [6, 6.07) is 13.0. The summed E-state index contributed by atoms with van der Waals surface area (Å²) in [5.41, 5.74) is 7.07. The lowest BCUT2D eigenvalue weighted by atomic mass is 9.84. The predicted octanol–water partition coefficient (Wildman–Crippen LogP) is 5.90. The van der Waals surface area contributed by atoms with Crippen LogP contribution in [-0.4, -0.2) is 4.98 Å². The largest absolute Gasteiger partial charge is 0.455 e. The van der Waals surface area contributed by atoms with Gasteiger partial charge in [0.2, 0.25) is 0 Å². The SMILES string of the molecule is Cc1c2c(c(C)c3ccccc13)-c1c3c(cc(C(C)(C)C)cc3nc[n+]1C)O2. The van der Waals surface area contributed by atoms with Gasteiger partial charge in [0.05, 0.1) is 12.6 Å². The van der Waals surface area contributed by atoms with E-state index >= 15 is 0 Å². The normalized spacial score (nSPS) is 12.9. The number of ether oxygens (including phenoxy) is 1. The fraction of sp³-hybridized carbons (Fsp3) is 0.280. The first kappa shape index (κ1) is 17.2. The average molecular weight is 369 g/mol. The molecule has 28 heavy (non-hydrogen) atoms. The fourth-order valence-electron chi connectivity index (χ4n) is 4.41. The molecule has 0 atom stereocenters. The van der Waals surface area contributed by atoms with Gasteiger partial charge in [0.25, 0.3) is 6.33 Å². The summed E-state index contributed by atoms with van der Waals surface area (Å²) in [6.45, 7) is 11.0. The Kier molecular flexibility index (Phi) is 3.40. The Morgan fingerprint density at radius 3 is 2.32 bits per heavy atom. The van der Waals surface area contributed by atoms with Crippen LogP contribution in [0.25, 0.3) is 32.9 Å². The van der Waals surface area contributed by atoms with Crippen molar-refractivity contribution in [3.8, 4) is 22.8 Å². The quantitative estimate of drug-likeness (QED) is 0.318. The molecule has 0 aliphatic carbocycles. The molecule has 140 valence electrons. The van der Waals surface area contributed by atoms with Gasteiger partial charge in [-0.2, -0.15) is 0 Å².